The van der Waals surface area contributed by atoms with Crippen LogP contribution >= 0.6 is 0 Å². The van der Waals surface area contributed by atoms with E-state index in [9.17, 15) is 19.2 Å². The summed E-state index contributed by atoms with van der Waals surface area (Å²) in [6, 6.07) is 34.7. The van der Waals surface area contributed by atoms with Crippen molar-refractivity contribution in [1.29, 1.82) is 0 Å². The zero-order chi connectivity index (χ0) is 36.3. The molecule has 0 heterocycles. The summed E-state index contributed by atoms with van der Waals surface area (Å²) in [5.41, 5.74) is 15.8. The molecule has 2 amide bonds. The molecule has 0 aliphatic carbocycles. The largest absolute Gasteiger partial charge is 0.434 e. The van der Waals surface area contributed by atoms with E-state index in [0.29, 0.717) is 12.8 Å². The van der Waals surface area contributed by atoms with Gasteiger partial charge < -0.3 is 20.1 Å². The maximum atomic E-state index is 13.1. The molecule has 6 N–H and O–H groups in total. The van der Waals surface area contributed by atoms with Crippen molar-refractivity contribution in [2.75, 3.05) is 0 Å². The standard InChI is InChI=1S/C40H44N4O6/c1-27-15-19-31(20-16-27)39(3,25-29-11-7-5-8-12-29)43-37(47)35(41)49-33(45)23-24-34(46)50-36(42)38(48)44-40(4,26-30-13-9-6-10-14-30)32-21-17-28(2)18-22-32/h5-24,35-36H,25-26,41-42H2,1-4H3,(H,43,47)(H,44,48)/b24-23-. The molecule has 0 aromatic heterocycles. The summed E-state index contributed by atoms with van der Waals surface area (Å²) >= 11 is 0. The number of benzene rings is 4. The minimum absolute atomic E-state index is 0.444. The van der Waals surface area contributed by atoms with E-state index >= 15 is 0 Å². The van der Waals surface area contributed by atoms with E-state index in [1.165, 1.54) is 0 Å². The van der Waals surface area contributed by atoms with Crippen molar-refractivity contribution in [3.8, 4) is 0 Å². The Labute approximate surface area is 292 Å². The Morgan fingerprint density at radius 3 is 1.22 bits per heavy atom. The van der Waals surface area contributed by atoms with Gasteiger partial charge in [-0.15, -0.1) is 0 Å². The minimum Gasteiger partial charge on any atom is -0.434 e. The van der Waals surface area contributed by atoms with Gasteiger partial charge in [-0.05, 0) is 62.8 Å². The molecule has 0 aliphatic rings. The molecule has 0 aliphatic heterocycles. The third-order valence-corrected chi connectivity index (χ3v) is 8.34. The van der Waals surface area contributed by atoms with Crippen LogP contribution in [0.3, 0.4) is 0 Å². The molecule has 4 unspecified atom stereocenters. The lowest BCUT2D eigenvalue weighted by Gasteiger charge is -2.33. The second kappa shape index (κ2) is 16.7. The number of nitrogens with two attached hydrogens (primary N) is 2. The second-order valence-corrected chi connectivity index (χ2v) is 12.7. The molecule has 10 nitrogen and oxygen atoms in total. The highest BCUT2D eigenvalue weighted by molar-refractivity contribution is 5.94. The maximum Gasteiger partial charge on any atom is 0.333 e. The van der Waals surface area contributed by atoms with Crippen molar-refractivity contribution in [3.63, 3.8) is 0 Å². The molecule has 4 aromatic carbocycles. The summed E-state index contributed by atoms with van der Waals surface area (Å²) in [4.78, 5) is 51.3. The topological polar surface area (TPSA) is 163 Å². The Morgan fingerprint density at radius 2 is 0.900 bits per heavy atom. The van der Waals surface area contributed by atoms with Crippen LogP contribution in [0.25, 0.3) is 0 Å². The molecule has 4 atom stereocenters. The number of aryl methyl sites for hydroxylation is 2. The monoisotopic (exact) mass is 676 g/mol. The number of ether oxygens (including phenoxy) is 2. The first-order chi connectivity index (χ1) is 23.8. The minimum atomic E-state index is -1.68. The van der Waals surface area contributed by atoms with Crippen LogP contribution in [-0.2, 0) is 52.6 Å². The molecule has 4 aromatic rings. The van der Waals surface area contributed by atoms with Gasteiger partial charge in [-0.3, -0.25) is 21.1 Å². The molecule has 0 radical (unpaired) electrons. The highest BCUT2D eigenvalue weighted by Gasteiger charge is 2.33. The van der Waals surface area contributed by atoms with Crippen molar-refractivity contribution in [1.82, 2.24) is 10.6 Å². The predicted molar refractivity (Wildman–Crippen MR) is 191 cm³/mol. The molecule has 4 rings (SSSR count). The SMILES string of the molecule is Cc1ccc(C(C)(Cc2ccccc2)NC(=O)C(N)OC(=O)/C=C\C(=O)OC(N)C(=O)NC(C)(Cc2ccccc2)c2ccc(C)cc2)cc1. The van der Waals surface area contributed by atoms with Crippen LogP contribution in [0, 0.1) is 13.8 Å². The molecule has 0 bridgehead atoms. The van der Waals surface area contributed by atoms with Gasteiger partial charge >= 0.3 is 11.9 Å². The number of hydrogen-bond donors (Lipinski definition) is 4. The Hall–Kier alpha value is -5.58. The van der Waals surface area contributed by atoms with E-state index in [1.807, 2.05) is 137 Å². The third kappa shape index (κ3) is 10.5. The van der Waals surface area contributed by atoms with Crippen LogP contribution in [0.15, 0.2) is 121 Å². The van der Waals surface area contributed by atoms with Gasteiger partial charge in [0.1, 0.15) is 0 Å². The number of esters is 2. The van der Waals surface area contributed by atoms with Crippen LogP contribution in [0.5, 0.6) is 0 Å². The van der Waals surface area contributed by atoms with Gasteiger partial charge in [0, 0.05) is 12.2 Å². The second-order valence-electron chi connectivity index (χ2n) is 12.7. The van der Waals surface area contributed by atoms with E-state index in [-0.39, 0.29) is 0 Å². The molecular weight excluding hydrogens is 632 g/mol. The lowest BCUT2D eigenvalue weighted by atomic mass is 9.85. The Balaban J connectivity index is 1.35. The summed E-state index contributed by atoms with van der Waals surface area (Å²) in [6.07, 6.45) is -0.982. The zero-order valence-corrected chi connectivity index (χ0v) is 28.7. The number of hydrogen-bond acceptors (Lipinski definition) is 8. The number of carbonyl (C=O) groups is 4. The fraction of sp³-hybridized carbons (Fsp3) is 0.250. The van der Waals surface area contributed by atoms with Gasteiger partial charge in [-0.1, -0.05) is 120 Å². The van der Waals surface area contributed by atoms with Crippen molar-refractivity contribution < 1.29 is 28.7 Å². The smallest absolute Gasteiger partial charge is 0.333 e. The highest BCUT2D eigenvalue weighted by atomic mass is 16.6. The molecule has 0 saturated heterocycles. The maximum absolute atomic E-state index is 13.1. The van der Waals surface area contributed by atoms with Gasteiger partial charge in [0.25, 0.3) is 11.8 Å². The molecule has 0 fully saturated rings. The Morgan fingerprint density at radius 1 is 0.580 bits per heavy atom. The summed E-state index contributed by atoms with van der Waals surface area (Å²) in [7, 11) is 0. The van der Waals surface area contributed by atoms with Crippen molar-refractivity contribution in [2.45, 2.75) is 64.1 Å². The summed E-state index contributed by atoms with van der Waals surface area (Å²) < 4.78 is 10.1. The molecule has 10 heteroatoms. The van der Waals surface area contributed by atoms with Crippen LogP contribution in [-0.4, -0.2) is 36.2 Å². The van der Waals surface area contributed by atoms with E-state index in [2.05, 4.69) is 10.6 Å². The molecule has 0 saturated carbocycles. The van der Waals surface area contributed by atoms with Gasteiger partial charge in [0.05, 0.1) is 11.1 Å². The van der Waals surface area contributed by atoms with Crippen molar-refractivity contribution in [2.24, 2.45) is 11.5 Å². The van der Waals surface area contributed by atoms with Gasteiger partial charge in [-0.25, -0.2) is 9.59 Å². The van der Waals surface area contributed by atoms with Crippen LogP contribution < -0.4 is 22.1 Å². The Kier molecular flexibility index (Phi) is 12.4. The first-order valence-electron chi connectivity index (χ1n) is 16.2. The van der Waals surface area contributed by atoms with Gasteiger partial charge in [0.2, 0.25) is 12.5 Å². The quantitative estimate of drug-likeness (QED) is 0.0870. The summed E-state index contributed by atoms with van der Waals surface area (Å²) in [6.45, 7) is 7.65. The van der Waals surface area contributed by atoms with E-state index in [0.717, 1.165) is 45.5 Å². The lowest BCUT2D eigenvalue weighted by Crippen LogP contribution is -2.52. The van der Waals surface area contributed by atoms with Crippen molar-refractivity contribution in [3.05, 3.63) is 155 Å². The van der Waals surface area contributed by atoms with E-state index in [1.54, 1.807) is 0 Å². The molecule has 260 valence electrons. The normalized spacial score (nSPS) is 14.8. The van der Waals surface area contributed by atoms with Crippen LogP contribution in [0.1, 0.15) is 47.2 Å². The first kappa shape index (κ1) is 37.2. The van der Waals surface area contributed by atoms with E-state index < -0.39 is 47.3 Å². The average molecular weight is 677 g/mol. The third-order valence-electron chi connectivity index (χ3n) is 8.34. The van der Waals surface area contributed by atoms with Crippen molar-refractivity contribution >= 4 is 23.8 Å². The Bertz CT molecular complexity index is 1660. The highest BCUT2D eigenvalue weighted by Crippen LogP contribution is 2.28. The summed E-state index contributed by atoms with van der Waals surface area (Å²) in [5.74, 6) is -3.62. The fourth-order valence-corrected chi connectivity index (χ4v) is 5.55. The van der Waals surface area contributed by atoms with Crippen LogP contribution in [0.4, 0.5) is 0 Å². The van der Waals surface area contributed by atoms with Gasteiger partial charge in [0.15, 0.2) is 0 Å². The number of amides is 2. The first-order valence-corrected chi connectivity index (χ1v) is 16.2. The lowest BCUT2D eigenvalue weighted by molar-refractivity contribution is -0.153. The molecule has 50 heavy (non-hydrogen) atoms. The zero-order valence-electron chi connectivity index (χ0n) is 28.7. The number of nitrogens with one attached hydrogen (secondary N) is 2. The number of carbonyl (C=O) groups excluding carboxylic acids is 4. The molecular formula is C40H44N4O6. The predicted octanol–water partition coefficient (Wildman–Crippen LogP) is 4.36. The summed E-state index contributed by atoms with van der Waals surface area (Å²) in [5, 5.41) is 5.83. The van der Waals surface area contributed by atoms with E-state index in [4.69, 9.17) is 20.9 Å². The van der Waals surface area contributed by atoms with Gasteiger partial charge in [-0.2, -0.15) is 0 Å². The number of rotatable bonds is 14. The molecule has 0 spiro atoms. The van der Waals surface area contributed by atoms with Crippen LogP contribution in [0.2, 0.25) is 0 Å². The fourth-order valence-electron chi connectivity index (χ4n) is 5.55. The average Bonchev–Trinajstić information content (AvgIpc) is 3.08.